The van der Waals surface area contributed by atoms with Crippen LogP contribution in [-0.2, 0) is 6.54 Å². The zero-order valence-electron chi connectivity index (χ0n) is 14.0. The highest BCUT2D eigenvalue weighted by Gasteiger charge is 2.43. The molecule has 2 fully saturated rings. The summed E-state index contributed by atoms with van der Waals surface area (Å²) in [6.45, 7) is 3.56. The molecule has 5 heteroatoms. The van der Waals surface area contributed by atoms with E-state index in [-0.39, 0.29) is 5.91 Å². The van der Waals surface area contributed by atoms with Crippen molar-refractivity contribution in [3.05, 3.63) is 65.5 Å². The Hall–Kier alpha value is -2.71. The van der Waals surface area contributed by atoms with Crippen LogP contribution in [0.2, 0.25) is 0 Å². The predicted octanol–water partition coefficient (Wildman–Crippen LogP) is 2.30. The lowest BCUT2D eigenvalue weighted by molar-refractivity contribution is -0.0427. The van der Waals surface area contributed by atoms with E-state index in [2.05, 4.69) is 22.0 Å². The normalized spacial score (nSPS) is 22.6. The number of carbonyl (C=O) groups excluding carboxylic acids is 1. The first kappa shape index (κ1) is 15.8. The number of pyridine rings is 1. The minimum atomic E-state index is 0.0313. The SMILES string of the molecule is N#Cc1cccc(C(=O)N2CC[C@@H]3CN(Cc4cccnc4)[C@@H]3C2)c1. The number of nitrogens with zero attached hydrogens (tertiary/aromatic N) is 4. The molecule has 3 heterocycles. The Labute approximate surface area is 147 Å². The van der Waals surface area contributed by atoms with Crippen molar-refractivity contribution < 1.29 is 4.79 Å². The van der Waals surface area contributed by atoms with E-state index in [1.165, 1.54) is 5.56 Å². The fourth-order valence-corrected chi connectivity index (χ4v) is 3.90. The van der Waals surface area contributed by atoms with Crippen LogP contribution >= 0.6 is 0 Å². The molecule has 0 bridgehead atoms. The molecule has 4 rings (SSSR count). The lowest BCUT2D eigenvalue weighted by Gasteiger charge is -2.53. The number of rotatable bonds is 3. The van der Waals surface area contributed by atoms with Gasteiger partial charge in [0.2, 0.25) is 0 Å². The van der Waals surface area contributed by atoms with E-state index in [1.54, 1.807) is 30.5 Å². The van der Waals surface area contributed by atoms with Crippen molar-refractivity contribution in [2.24, 2.45) is 5.92 Å². The Morgan fingerprint density at radius 2 is 2.20 bits per heavy atom. The van der Waals surface area contributed by atoms with Crippen molar-refractivity contribution >= 4 is 5.91 Å². The average Bonchev–Trinajstić information content (AvgIpc) is 2.66. The number of benzene rings is 1. The fourth-order valence-electron chi connectivity index (χ4n) is 3.90. The largest absolute Gasteiger partial charge is 0.337 e. The summed E-state index contributed by atoms with van der Waals surface area (Å²) in [5.74, 6) is 0.718. The third-order valence-electron chi connectivity index (χ3n) is 5.29. The Bertz CT molecular complexity index is 814. The zero-order chi connectivity index (χ0) is 17.2. The molecule has 0 aliphatic carbocycles. The number of hydrogen-bond acceptors (Lipinski definition) is 4. The molecule has 0 unspecified atom stereocenters. The monoisotopic (exact) mass is 332 g/mol. The molecule has 0 N–H and O–H groups in total. The van der Waals surface area contributed by atoms with Crippen LogP contribution in [0.5, 0.6) is 0 Å². The summed E-state index contributed by atoms with van der Waals surface area (Å²) >= 11 is 0. The molecule has 126 valence electrons. The number of fused-ring (bicyclic) bond motifs is 1. The summed E-state index contributed by atoms with van der Waals surface area (Å²) in [5, 5.41) is 9.03. The van der Waals surface area contributed by atoms with E-state index in [0.717, 1.165) is 32.6 Å². The number of likely N-dealkylation sites (tertiary alicyclic amines) is 2. The van der Waals surface area contributed by atoms with Crippen LogP contribution < -0.4 is 0 Å². The maximum Gasteiger partial charge on any atom is 0.253 e. The molecule has 2 atom stereocenters. The van der Waals surface area contributed by atoms with Crippen LogP contribution in [0.4, 0.5) is 0 Å². The lowest BCUT2D eigenvalue weighted by Crippen LogP contribution is -2.64. The number of nitriles is 1. The molecule has 2 aromatic rings. The van der Waals surface area contributed by atoms with Gasteiger partial charge < -0.3 is 4.90 Å². The van der Waals surface area contributed by atoms with Gasteiger partial charge in [-0.1, -0.05) is 12.1 Å². The van der Waals surface area contributed by atoms with E-state index in [0.29, 0.717) is 23.1 Å². The summed E-state index contributed by atoms with van der Waals surface area (Å²) in [6, 6.07) is 13.6. The molecule has 5 nitrogen and oxygen atoms in total. The number of carbonyl (C=O) groups is 1. The Morgan fingerprint density at radius 1 is 1.28 bits per heavy atom. The lowest BCUT2D eigenvalue weighted by atomic mass is 9.82. The summed E-state index contributed by atoms with van der Waals surface area (Å²) in [4.78, 5) is 21.4. The van der Waals surface area contributed by atoms with Crippen LogP contribution in [0.15, 0.2) is 48.8 Å². The summed E-state index contributed by atoms with van der Waals surface area (Å²) in [5.41, 5.74) is 2.35. The number of aromatic nitrogens is 1. The topological polar surface area (TPSA) is 60.2 Å². The minimum absolute atomic E-state index is 0.0313. The van der Waals surface area contributed by atoms with Gasteiger partial charge in [0.05, 0.1) is 11.6 Å². The van der Waals surface area contributed by atoms with E-state index in [9.17, 15) is 4.79 Å². The first-order valence-electron chi connectivity index (χ1n) is 8.67. The van der Waals surface area contributed by atoms with Crippen molar-refractivity contribution in [1.29, 1.82) is 5.26 Å². The van der Waals surface area contributed by atoms with E-state index < -0.39 is 0 Å². The van der Waals surface area contributed by atoms with Crippen molar-refractivity contribution in [2.45, 2.75) is 19.0 Å². The third kappa shape index (κ3) is 3.13. The summed E-state index contributed by atoms with van der Waals surface area (Å²) < 4.78 is 0. The van der Waals surface area contributed by atoms with Gasteiger partial charge in [0, 0.05) is 50.2 Å². The van der Waals surface area contributed by atoms with Crippen molar-refractivity contribution in [3.8, 4) is 6.07 Å². The average molecular weight is 332 g/mol. The third-order valence-corrected chi connectivity index (χ3v) is 5.29. The minimum Gasteiger partial charge on any atom is -0.337 e. The quantitative estimate of drug-likeness (QED) is 0.865. The summed E-state index contributed by atoms with van der Waals surface area (Å²) in [7, 11) is 0. The molecule has 2 aliphatic heterocycles. The highest BCUT2D eigenvalue weighted by molar-refractivity contribution is 5.94. The van der Waals surface area contributed by atoms with E-state index >= 15 is 0 Å². The van der Waals surface area contributed by atoms with Gasteiger partial charge >= 0.3 is 0 Å². The number of hydrogen-bond donors (Lipinski definition) is 0. The van der Waals surface area contributed by atoms with Gasteiger partial charge in [0.25, 0.3) is 5.91 Å². The second-order valence-electron chi connectivity index (χ2n) is 6.85. The highest BCUT2D eigenvalue weighted by Crippen LogP contribution is 2.34. The maximum absolute atomic E-state index is 12.8. The first-order chi connectivity index (χ1) is 12.2. The second kappa shape index (κ2) is 6.66. The van der Waals surface area contributed by atoms with Crippen LogP contribution in [0.25, 0.3) is 0 Å². The van der Waals surface area contributed by atoms with E-state index in [1.807, 2.05) is 17.2 Å². The van der Waals surface area contributed by atoms with E-state index in [4.69, 9.17) is 5.26 Å². The van der Waals surface area contributed by atoms with Gasteiger partial charge in [-0.3, -0.25) is 14.7 Å². The molecule has 0 spiro atoms. The molecule has 0 saturated carbocycles. The van der Waals surface area contributed by atoms with Gasteiger partial charge in [-0.25, -0.2) is 0 Å². The molecule has 2 aliphatic rings. The van der Waals surface area contributed by atoms with Gasteiger partial charge in [0.15, 0.2) is 0 Å². The summed E-state index contributed by atoms with van der Waals surface area (Å²) in [6.07, 6.45) is 4.75. The van der Waals surface area contributed by atoms with Gasteiger partial charge in [-0.05, 0) is 42.2 Å². The molecule has 1 aromatic heterocycles. The molecule has 25 heavy (non-hydrogen) atoms. The standard InChI is InChI=1S/C20H20N4O/c21-10-15-3-1-5-17(9-15)20(25)23-8-6-18-13-24(19(18)14-23)12-16-4-2-7-22-11-16/h1-5,7,9,11,18-19H,6,8,12-14H2/t18-,19-/m1/s1. The van der Waals surface area contributed by atoms with Crippen LogP contribution in [0, 0.1) is 17.2 Å². The number of piperidine rings is 1. The maximum atomic E-state index is 12.8. The number of amides is 1. The van der Waals surface area contributed by atoms with Crippen molar-refractivity contribution in [3.63, 3.8) is 0 Å². The smallest absolute Gasteiger partial charge is 0.253 e. The van der Waals surface area contributed by atoms with Crippen molar-refractivity contribution in [1.82, 2.24) is 14.8 Å². The fraction of sp³-hybridized carbons (Fsp3) is 0.350. The van der Waals surface area contributed by atoms with Crippen LogP contribution in [0.1, 0.15) is 27.9 Å². The Morgan fingerprint density at radius 3 is 3.00 bits per heavy atom. The molecule has 1 amide bonds. The highest BCUT2D eigenvalue weighted by atomic mass is 16.2. The molecular weight excluding hydrogens is 312 g/mol. The second-order valence-corrected chi connectivity index (χ2v) is 6.85. The molecule has 0 radical (unpaired) electrons. The zero-order valence-corrected chi connectivity index (χ0v) is 14.0. The van der Waals surface area contributed by atoms with Crippen LogP contribution in [0.3, 0.4) is 0 Å². The van der Waals surface area contributed by atoms with Crippen LogP contribution in [-0.4, -0.2) is 46.4 Å². The van der Waals surface area contributed by atoms with Gasteiger partial charge in [-0.2, -0.15) is 5.26 Å². The van der Waals surface area contributed by atoms with Gasteiger partial charge in [0.1, 0.15) is 0 Å². The first-order valence-corrected chi connectivity index (χ1v) is 8.67. The Balaban J connectivity index is 1.43. The van der Waals surface area contributed by atoms with Crippen molar-refractivity contribution in [2.75, 3.05) is 19.6 Å². The predicted molar refractivity (Wildman–Crippen MR) is 93.6 cm³/mol. The Kier molecular flexibility index (Phi) is 4.21. The molecule has 2 saturated heterocycles. The van der Waals surface area contributed by atoms with Gasteiger partial charge in [-0.15, -0.1) is 0 Å². The molecule has 1 aromatic carbocycles. The molecular formula is C20H20N4O.